The van der Waals surface area contributed by atoms with Crippen LogP contribution in [-0.4, -0.2) is 20.0 Å². The number of hydrazone groups is 1. The number of benzene rings is 1. The SMILES string of the molecule is CCC(=NNc1ccccc1C)c1c(O)n(C)c(=O)n(C)c1=O. The number of hydrogen-bond donors (Lipinski definition) is 2. The Bertz CT molecular complexity index is 878. The summed E-state index contributed by atoms with van der Waals surface area (Å²) < 4.78 is 1.98. The van der Waals surface area contributed by atoms with Crippen molar-refractivity contribution in [3.8, 4) is 5.88 Å². The molecule has 7 heteroatoms. The first-order chi connectivity index (χ1) is 10.9. The molecule has 0 bridgehead atoms. The van der Waals surface area contributed by atoms with Crippen molar-refractivity contribution in [2.75, 3.05) is 5.43 Å². The van der Waals surface area contributed by atoms with E-state index in [0.29, 0.717) is 12.1 Å². The molecule has 2 rings (SSSR count). The van der Waals surface area contributed by atoms with Gasteiger partial charge in [-0.05, 0) is 25.0 Å². The second-order valence-corrected chi connectivity index (χ2v) is 5.24. The van der Waals surface area contributed by atoms with Crippen LogP contribution in [0.25, 0.3) is 0 Å². The van der Waals surface area contributed by atoms with Crippen molar-refractivity contribution in [2.45, 2.75) is 20.3 Å². The molecule has 122 valence electrons. The lowest BCUT2D eigenvalue weighted by molar-refractivity contribution is 0.410. The summed E-state index contributed by atoms with van der Waals surface area (Å²) >= 11 is 0. The molecule has 0 saturated carbocycles. The molecule has 0 aliphatic heterocycles. The molecule has 0 fully saturated rings. The van der Waals surface area contributed by atoms with E-state index in [2.05, 4.69) is 10.5 Å². The van der Waals surface area contributed by atoms with Gasteiger partial charge >= 0.3 is 5.69 Å². The Balaban J connectivity index is 2.55. The maximum Gasteiger partial charge on any atom is 0.333 e. The number of anilines is 1. The molecule has 7 nitrogen and oxygen atoms in total. The summed E-state index contributed by atoms with van der Waals surface area (Å²) in [6.07, 6.45) is 0.417. The van der Waals surface area contributed by atoms with Crippen LogP contribution in [0.15, 0.2) is 39.0 Å². The molecule has 0 aliphatic rings. The van der Waals surface area contributed by atoms with Crippen LogP contribution < -0.4 is 16.7 Å². The third-order valence-corrected chi connectivity index (χ3v) is 3.71. The van der Waals surface area contributed by atoms with Gasteiger partial charge in [0.05, 0.1) is 11.4 Å². The van der Waals surface area contributed by atoms with Crippen molar-refractivity contribution < 1.29 is 5.11 Å². The van der Waals surface area contributed by atoms with Crippen LogP contribution in [0, 0.1) is 6.92 Å². The molecule has 1 aromatic carbocycles. The largest absolute Gasteiger partial charge is 0.494 e. The standard InChI is InChI=1S/C16H20N4O3/c1-5-11(17-18-12-9-7-6-8-10(12)2)13-14(21)19(3)16(23)20(4)15(13)22/h6-9,18,21H,5H2,1-4H3. The van der Waals surface area contributed by atoms with Gasteiger partial charge in [-0.1, -0.05) is 25.1 Å². The number of aryl methyl sites for hydroxylation is 1. The Morgan fingerprint density at radius 1 is 1.22 bits per heavy atom. The van der Waals surface area contributed by atoms with Gasteiger partial charge in [-0.2, -0.15) is 5.10 Å². The molecular weight excluding hydrogens is 296 g/mol. The van der Waals surface area contributed by atoms with E-state index in [0.717, 1.165) is 20.4 Å². The monoisotopic (exact) mass is 316 g/mol. The highest BCUT2D eigenvalue weighted by atomic mass is 16.3. The highest BCUT2D eigenvalue weighted by Crippen LogP contribution is 2.16. The van der Waals surface area contributed by atoms with E-state index < -0.39 is 11.2 Å². The molecule has 1 aromatic heterocycles. The average Bonchev–Trinajstić information content (AvgIpc) is 2.55. The van der Waals surface area contributed by atoms with Gasteiger partial charge in [-0.15, -0.1) is 0 Å². The molecule has 0 amide bonds. The molecule has 1 heterocycles. The highest BCUT2D eigenvalue weighted by Gasteiger charge is 2.19. The number of hydrogen-bond acceptors (Lipinski definition) is 5. The zero-order chi connectivity index (χ0) is 17.1. The van der Waals surface area contributed by atoms with Crippen LogP contribution in [0.2, 0.25) is 0 Å². The van der Waals surface area contributed by atoms with Gasteiger partial charge in [-0.25, -0.2) is 4.79 Å². The van der Waals surface area contributed by atoms with Gasteiger partial charge in [-0.3, -0.25) is 19.4 Å². The van der Waals surface area contributed by atoms with Crippen molar-refractivity contribution in [1.29, 1.82) is 0 Å². The lowest BCUT2D eigenvalue weighted by atomic mass is 10.1. The molecule has 0 spiro atoms. The number of nitrogens with zero attached hydrogens (tertiary/aromatic N) is 3. The summed E-state index contributed by atoms with van der Waals surface area (Å²) in [7, 11) is 2.78. The van der Waals surface area contributed by atoms with Gasteiger partial charge in [0, 0.05) is 14.1 Å². The van der Waals surface area contributed by atoms with E-state index in [1.807, 2.05) is 38.1 Å². The predicted octanol–water partition coefficient (Wildman–Crippen LogP) is 1.32. The van der Waals surface area contributed by atoms with E-state index in [4.69, 9.17) is 0 Å². The molecule has 23 heavy (non-hydrogen) atoms. The first-order valence-electron chi connectivity index (χ1n) is 7.26. The minimum Gasteiger partial charge on any atom is -0.494 e. The molecule has 2 aromatic rings. The summed E-state index contributed by atoms with van der Waals surface area (Å²) in [6.45, 7) is 3.76. The fourth-order valence-corrected chi connectivity index (χ4v) is 2.22. The van der Waals surface area contributed by atoms with Crippen molar-refractivity contribution in [3.05, 3.63) is 56.2 Å². The predicted molar refractivity (Wildman–Crippen MR) is 90.2 cm³/mol. The van der Waals surface area contributed by atoms with E-state index in [-0.39, 0.29) is 11.4 Å². The third kappa shape index (κ3) is 3.03. The summed E-state index contributed by atoms with van der Waals surface area (Å²) in [6, 6.07) is 7.59. The van der Waals surface area contributed by atoms with Crippen LogP contribution in [0.3, 0.4) is 0 Å². The van der Waals surface area contributed by atoms with Crippen molar-refractivity contribution in [1.82, 2.24) is 9.13 Å². The molecule has 2 N–H and O–H groups in total. The Morgan fingerprint density at radius 3 is 2.48 bits per heavy atom. The van der Waals surface area contributed by atoms with Crippen LogP contribution in [-0.2, 0) is 14.1 Å². The molecule has 0 unspecified atom stereocenters. The minimum atomic E-state index is -0.585. The normalized spacial score (nSPS) is 11.6. The first-order valence-corrected chi connectivity index (χ1v) is 7.26. The molecule has 0 radical (unpaired) electrons. The van der Waals surface area contributed by atoms with Crippen LogP contribution >= 0.6 is 0 Å². The smallest absolute Gasteiger partial charge is 0.333 e. The van der Waals surface area contributed by atoms with Gasteiger partial charge < -0.3 is 5.11 Å². The minimum absolute atomic E-state index is 0.0261. The average molecular weight is 316 g/mol. The second kappa shape index (κ2) is 6.51. The van der Waals surface area contributed by atoms with Gasteiger partial charge in [0.1, 0.15) is 5.56 Å². The topological polar surface area (TPSA) is 88.6 Å². The zero-order valence-corrected chi connectivity index (χ0v) is 13.6. The maximum absolute atomic E-state index is 12.3. The van der Waals surface area contributed by atoms with Gasteiger partial charge in [0.15, 0.2) is 0 Å². The summed E-state index contributed by atoms with van der Waals surface area (Å²) in [4.78, 5) is 24.1. The summed E-state index contributed by atoms with van der Waals surface area (Å²) in [5.74, 6) is -0.384. The lowest BCUT2D eigenvalue weighted by Crippen LogP contribution is -2.40. The Kier molecular flexibility index (Phi) is 4.68. The fraction of sp³-hybridized carbons (Fsp3) is 0.312. The zero-order valence-electron chi connectivity index (χ0n) is 13.6. The van der Waals surface area contributed by atoms with E-state index >= 15 is 0 Å². The second-order valence-electron chi connectivity index (χ2n) is 5.24. The van der Waals surface area contributed by atoms with Gasteiger partial charge in [0.2, 0.25) is 5.88 Å². The number of nitrogens with one attached hydrogen (secondary N) is 1. The molecule has 0 aliphatic carbocycles. The molecule has 0 saturated heterocycles. The first kappa shape index (κ1) is 16.5. The Hall–Kier alpha value is -2.83. The van der Waals surface area contributed by atoms with Crippen LogP contribution in [0.5, 0.6) is 5.88 Å². The fourth-order valence-electron chi connectivity index (χ4n) is 2.22. The number of aromatic hydroxyl groups is 1. The van der Waals surface area contributed by atoms with E-state index in [1.165, 1.54) is 14.1 Å². The van der Waals surface area contributed by atoms with Crippen LogP contribution in [0.4, 0.5) is 5.69 Å². The van der Waals surface area contributed by atoms with Crippen molar-refractivity contribution >= 4 is 11.4 Å². The van der Waals surface area contributed by atoms with Crippen LogP contribution in [0.1, 0.15) is 24.5 Å². The Morgan fingerprint density at radius 2 is 1.87 bits per heavy atom. The van der Waals surface area contributed by atoms with Gasteiger partial charge in [0.25, 0.3) is 5.56 Å². The lowest BCUT2D eigenvalue weighted by Gasteiger charge is -2.12. The maximum atomic E-state index is 12.3. The third-order valence-electron chi connectivity index (χ3n) is 3.71. The summed E-state index contributed by atoms with van der Waals surface area (Å²) in [5.41, 5.74) is 3.97. The van der Waals surface area contributed by atoms with Crippen molar-refractivity contribution in [2.24, 2.45) is 19.2 Å². The van der Waals surface area contributed by atoms with E-state index in [1.54, 1.807) is 0 Å². The molecular formula is C16H20N4O3. The van der Waals surface area contributed by atoms with Crippen molar-refractivity contribution in [3.63, 3.8) is 0 Å². The number of aromatic nitrogens is 2. The number of rotatable bonds is 4. The van der Waals surface area contributed by atoms with E-state index in [9.17, 15) is 14.7 Å². The quantitative estimate of drug-likeness (QED) is 0.658. The molecule has 0 atom stereocenters. The summed E-state index contributed by atoms with van der Waals surface area (Å²) in [5, 5.41) is 14.4. The Labute approximate surface area is 133 Å². The number of para-hydroxylation sites is 1. The highest BCUT2D eigenvalue weighted by molar-refractivity contribution is 6.02.